The number of sulfonamides is 1. The number of amides is 1. The fourth-order valence-corrected chi connectivity index (χ4v) is 6.15. The highest BCUT2D eigenvalue weighted by atomic mass is 32.2. The Morgan fingerprint density at radius 1 is 1.21 bits per heavy atom. The first-order valence-electron chi connectivity index (χ1n) is 10.1. The minimum atomic E-state index is -4.34. The van der Waals surface area contributed by atoms with E-state index in [9.17, 15) is 32.0 Å². The summed E-state index contributed by atoms with van der Waals surface area (Å²) in [5.74, 6) is -3.04. The minimum Gasteiger partial charge on any atom is -0.478 e. The Balaban J connectivity index is 1.55. The molecule has 11 nitrogen and oxygen atoms in total. The number of fused-ring (bicyclic) bond motifs is 2. The standard InChI is InChI=1S/C20H21FN4O7S/c1-11-6-24(20(30)22-18(11)27)10-17(26)23-7-12-4-14(9-23)25(8-12)33(31,32)16-5-13(19(28)29)2-3-15(16)21/h2-3,5-6,12,14H,4,7-10H2,1H3,(H,28,29)(H,22,27,30). The van der Waals surface area contributed by atoms with E-state index < -0.39 is 49.9 Å². The van der Waals surface area contributed by atoms with Gasteiger partial charge in [-0.15, -0.1) is 0 Å². The maximum Gasteiger partial charge on any atom is 0.335 e. The SMILES string of the molecule is Cc1cn(CC(=O)N2CC3CC(C2)N(S(=O)(=O)c2cc(C(=O)O)ccc2F)C3)c(=O)[nH]c1=O. The Hall–Kier alpha value is -3.32. The summed E-state index contributed by atoms with van der Waals surface area (Å²) in [7, 11) is -4.34. The summed E-state index contributed by atoms with van der Waals surface area (Å²) in [5.41, 5.74) is -1.35. The molecule has 0 spiro atoms. The number of carbonyl (C=O) groups excluding carboxylic acids is 1. The molecule has 3 heterocycles. The molecule has 2 fully saturated rings. The van der Waals surface area contributed by atoms with Gasteiger partial charge in [-0.2, -0.15) is 4.31 Å². The lowest BCUT2D eigenvalue weighted by Crippen LogP contribution is -2.48. The number of likely N-dealkylation sites (tertiary alicyclic amines) is 1. The van der Waals surface area contributed by atoms with Crippen molar-refractivity contribution in [2.75, 3.05) is 19.6 Å². The number of aryl methyl sites for hydroxylation is 1. The van der Waals surface area contributed by atoms with Crippen molar-refractivity contribution in [1.29, 1.82) is 0 Å². The van der Waals surface area contributed by atoms with Crippen LogP contribution < -0.4 is 11.2 Å². The molecule has 2 aromatic rings. The van der Waals surface area contributed by atoms with Gasteiger partial charge in [0.25, 0.3) is 5.56 Å². The smallest absolute Gasteiger partial charge is 0.335 e. The van der Waals surface area contributed by atoms with E-state index in [2.05, 4.69) is 4.98 Å². The topological polar surface area (TPSA) is 150 Å². The van der Waals surface area contributed by atoms with Crippen molar-refractivity contribution < 1.29 is 27.5 Å². The second-order valence-corrected chi connectivity index (χ2v) is 10.1. The van der Waals surface area contributed by atoms with Gasteiger partial charge in [-0.05, 0) is 37.5 Å². The molecule has 2 saturated heterocycles. The van der Waals surface area contributed by atoms with Crippen LogP contribution in [-0.4, -0.2) is 69.8 Å². The number of halogens is 1. The summed E-state index contributed by atoms with van der Waals surface area (Å²) in [6.45, 7) is 1.55. The van der Waals surface area contributed by atoms with E-state index in [-0.39, 0.29) is 43.2 Å². The Bertz CT molecular complexity index is 1370. The van der Waals surface area contributed by atoms with Crippen molar-refractivity contribution in [3.63, 3.8) is 0 Å². The number of aromatic carboxylic acids is 1. The van der Waals surface area contributed by atoms with Gasteiger partial charge in [0.05, 0.1) is 5.56 Å². The molecule has 2 bridgehead atoms. The van der Waals surface area contributed by atoms with Crippen LogP contribution in [-0.2, 0) is 21.4 Å². The number of nitrogens with one attached hydrogen (secondary N) is 1. The Kier molecular flexibility index (Phi) is 5.70. The number of aromatic amines is 1. The van der Waals surface area contributed by atoms with Crippen molar-refractivity contribution in [2.45, 2.75) is 30.8 Å². The average molecular weight is 480 g/mol. The third-order valence-corrected chi connectivity index (χ3v) is 7.91. The summed E-state index contributed by atoms with van der Waals surface area (Å²) in [4.78, 5) is 50.4. The molecular formula is C20H21FN4O7S. The number of hydrogen-bond acceptors (Lipinski definition) is 6. The van der Waals surface area contributed by atoms with Gasteiger partial charge < -0.3 is 10.0 Å². The molecule has 2 unspecified atom stereocenters. The largest absolute Gasteiger partial charge is 0.478 e. The van der Waals surface area contributed by atoms with Gasteiger partial charge in [0, 0.05) is 37.4 Å². The van der Waals surface area contributed by atoms with Crippen LogP contribution in [0.15, 0.2) is 38.9 Å². The maximum atomic E-state index is 14.4. The highest BCUT2D eigenvalue weighted by molar-refractivity contribution is 7.89. The van der Waals surface area contributed by atoms with E-state index in [0.29, 0.717) is 6.42 Å². The molecule has 4 rings (SSSR count). The monoisotopic (exact) mass is 480 g/mol. The first kappa shape index (κ1) is 22.9. The fourth-order valence-electron chi connectivity index (χ4n) is 4.36. The molecule has 2 N–H and O–H groups in total. The molecule has 13 heteroatoms. The van der Waals surface area contributed by atoms with Crippen molar-refractivity contribution in [2.24, 2.45) is 5.92 Å². The lowest BCUT2D eigenvalue weighted by Gasteiger charge is -2.32. The van der Waals surface area contributed by atoms with Gasteiger partial charge in [-0.1, -0.05) is 0 Å². The third-order valence-electron chi connectivity index (χ3n) is 5.97. The highest BCUT2D eigenvalue weighted by Crippen LogP contribution is 2.35. The second kappa shape index (κ2) is 8.23. The summed E-state index contributed by atoms with van der Waals surface area (Å²) in [5, 5.41) is 9.13. The molecule has 0 saturated carbocycles. The number of benzene rings is 1. The van der Waals surface area contributed by atoms with Gasteiger partial charge in [0.1, 0.15) is 17.3 Å². The predicted molar refractivity (Wildman–Crippen MR) is 112 cm³/mol. The summed E-state index contributed by atoms with van der Waals surface area (Å²) in [6.07, 6.45) is 1.76. The summed E-state index contributed by atoms with van der Waals surface area (Å²) >= 11 is 0. The molecule has 2 aliphatic heterocycles. The van der Waals surface area contributed by atoms with Gasteiger partial charge >= 0.3 is 11.7 Å². The molecule has 1 aromatic heterocycles. The van der Waals surface area contributed by atoms with E-state index in [1.807, 2.05) is 0 Å². The highest BCUT2D eigenvalue weighted by Gasteiger charge is 2.46. The summed E-state index contributed by atoms with van der Waals surface area (Å²) in [6, 6.07) is 1.97. The fraction of sp³-hybridized carbons (Fsp3) is 0.400. The van der Waals surface area contributed by atoms with E-state index >= 15 is 0 Å². The van der Waals surface area contributed by atoms with Crippen LogP contribution in [0.3, 0.4) is 0 Å². The summed E-state index contributed by atoms with van der Waals surface area (Å²) < 4.78 is 42.9. The molecule has 176 valence electrons. The number of carboxylic acids is 1. The van der Waals surface area contributed by atoms with Crippen LogP contribution in [0.2, 0.25) is 0 Å². The maximum absolute atomic E-state index is 14.4. The number of hydrogen-bond donors (Lipinski definition) is 2. The molecule has 1 aromatic carbocycles. The normalized spacial score (nSPS) is 20.7. The quantitative estimate of drug-likeness (QED) is 0.591. The molecule has 1 amide bonds. The molecule has 0 aliphatic carbocycles. The molecule has 2 aliphatic rings. The van der Waals surface area contributed by atoms with Gasteiger partial charge in [-0.3, -0.25) is 19.1 Å². The number of carboxylic acid groups (broad SMARTS) is 1. The molecule has 0 radical (unpaired) electrons. The van der Waals surface area contributed by atoms with Gasteiger partial charge in [0.15, 0.2) is 0 Å². The minimum absolute atomic E-state index is 0.0475. The van der Waals surface area contributed by atoms with Crippen molar-refractivity contribution in [1.82, 2.24) is 18.8 Å². The van der Waals surface area contributed by atoms with Crippen molar-refractivity contribution in [3.8, 4) is 0 Å². The zero-order valence-corrected chi connectivity index (χ0v) is 18.3. The van der Waals surface area contributed by atoms with Crippen LogP contribution in [0, 0.1) is 18.7 Å². The Labute approximate surface area is 187 Å². The van der Waals surface area contributed by atoms with Crippen LogP contribution >= 0.6 is 0 Å². The Morgan fingerprint density at radius 2 is 1.94 bits per heavy atom. The average Bonchev–Trinajstić information content (AvgIpc) is 3.06. The third kappa shape index (κ3) is 4.20. The van der Waals surface area contributed by atoms with Crippen LogP contribution in [0.1, 0.15) is 22.3 Å². The van der Waals surface area contributed by atoms with E-state index in [1.165, 1.54) is 18.0 Å². The number of nitrogens with zero attached hydrogens (tertiary/aromatic N) is 3. The van der Waals surface area contributed by atoms with E-state index in [1.54, 1.807) is 0 Å². The predicted octanol–water partition coefficient (Wildman–Crippen LogP) is -0.396. The molecule has 2 atom stereocenters. The second-order valence-electron chi connectivity index (χ2n) is 8.28. The van der Waals surface area contributed by atoms with E-state index in [4.69, 9.17) is 5.11 Å². The van der Waals surface area contributed by atoms with Crippen LogP contribution in [0.4, 0.5) is 4.39 Å². The zero-order chi connectivity index (χ0) is 24.1. The van der Waals surface area contributed by atoms with Gasteiger partial charge in [0.2, 0.25) is 15.9 Å². The Morgan fingerprint density at radius 3 is 2.64 bits per heavy atom. The lowest BCUT2D eigenvalue weighted by molar-refractivity contribution is -0.133. The number of rotatable bonds is 5. The lowest BCUT2D eigenvalue weighted by atomic mass is 10.00. The van der Waals surface area contributed by atoms with Crippen molar-refractivity contribution >= 4 is 21.9 Å². The number of aromatic nitrogens is 2. The number of piperidine rings is 1. The van der Waals surface area contributed by atoms with Crippen molar-refractivity contribution in [3.05, 3.63) is 62.2 Å². The van der Waals surface area contributed by atoms with Crippen LogP contribution in [0.25, 0.3) is 0 Å². The first-order valence-corrected chi connectivity index (χ1v) is 11.5. The van der Waals surface area contributed by atoms with Gasteiger partial charge in [-0.25, -0.2) is 22.4 Å². The molecular weight excluding hydrogens is 459 g/mol. The first-order chi connectivity index (χ1) is 15.5. The number of H-pyrrole nitrogens is 1. The zero-order valence-electron chi connectivity index (χ0n) is 17.5. The van der Waals surface area contributed by atoms with Crippen LogP contribution in [0.5, 0.6) is 0 Å². The number of carbonyl (C=O) groups is 2. The van der Waals surface area contributed by atoms with E-state index in [0.717, 1.165) is 27.1 Å². The molecule has 33 heavy (non-hydrogen) atoms.